The fourth-order valence-electron chi connectivity index (χ4n) is 2.81. The molecule has 178 valence electrons. The molecule has 0 aromatic heterocycles. The van der Waals surface area contributed by atoms with Gasteiger partial charge in [-0.1, -0.05) is 31.9 Å². The molecule has 0 aliphatic heterocycles. The maximum atomic E-state index is 12.8. The van der Waals surface area contributed by atoms with Gasteiger partial charge in [0.1, 0.15) is 6.42 Å². The minimum Gasteiger partial charge on any atom is -0.493 e. The van der Waals surface area contributed by atoms with Gasteiger partial charge in [0.2, 0.25) is 11.8 Å². The number of carbonyl (C=O) groups excluding carboxylic acids is 2. The summed E-state index contributed by atoms with van der Waals surface area (Å²) in [7, 11) is 1.51. The van der Waals surface area contributed by atoms with Gasteiger partial charge in [-0.2, -0.15) is 18.3 Å². The van der Waals surface area contributed by atoms with Gasteiger partial charge in [0.15, 0.2) is 11.5 Å². The van der Waals surface area contributed by atoms with Crippen molar-refractivity contribution in [3.05, 3.63) is 53.6 Å². The lowest BCUT2D eigenvalue weighted by atomic mass is 10.2. The summed E-state index contributed by atoms with van der Waals surface area (Å²) in [5.41, 5.74) is 1.82. The minimum atomic E-state index is -4.54. The van der Waals surface area contributed by atoms with Crippen molar-refractivity contribution >= 4 is 23.7 Å². The highest BCUT2D eigenvalue weighted by atomic mass is 19.4. The van der Waals surface area contributed by atoms with E-state index in [2.05, 4.69) is 22.8 Å². The van der Waals surface area contributed by atoms with Gasteiger partial charge in [0.25, 0.3) is 0 Å². The number of halogens is 3. The zero-order valence-electron chi connectivity index (χ0n) is 18.4. The number of rotatable bonds is 11. The van der Waals surface area contributed by atoms with Crippen LogP contribution >= 0.6 is 0 Å². The molecule has 0 bridgehead atoms. The lowest BCUT2D eigenvalue weighted by molar-refractivity contribution is -0.137. The first-order valence-electron chi connectivity index (χ1n) is 10.3. The van der Waals surface area contributed by atoms with Crippen LogP contribution in [-0.4, -0.2) is 31.7 Å². The van der Waals surface area contributed by atoms with E-state index in [-0.39, 0.29) is 5.69 Å². The number of alkyl halides is 3. The molecule has 0 heterocycles. The third-order valence-electron chi connectivity index (χ3n) is 4.41. The zero-order valence-corrected chi connectivity index (χ0v) is 18.4. The monoisotopic (exact) mass is 465 g/mol. The number of para-hydroxylation sites is 1. The Morgan fingerprint density at radius 2 is 1.85 bits per heavy atom. The molecule has 0 aliphatic carbocycles. The van der Waals surface area contributed by atoms with Gasteiger partial charge in [-0.25, -0.2) is 5.43 Å². The molecule has 2 amide bonds. The number of hydrogen-bond acceptors (Lipinski definition) is 5. The lowest BCUT2D eigenvalue weighted by Crippen LogP contribution is -2.24. The minimum absolute atomic E-state index is 0.0626. The van der Waals surface area contributed by atoms with Gasteiger partial charge in [-0.3, -0.25) is 9.59 Å². The molecule has 0 spiro atoms. The molecule has 0 fully saturated rings. The first kappa shape index (κ1) is 25.7. The SMILES string of the molecule is CCCCCOc1c(C=NNC(=O)CC(=O)Nc2cccc(C(F)(F)F)c2)cccc1OC. The topological polar surface area (TPSA) is 89.0 Å². The number of nitrogens with zero attached hydrogens (tertiary/aromatic N) is 1. The van der Waals surface area contributed by atoms with Crippen LogP contribution in [0.15, 0.2) is 47.6 Å². The highest BCUT2D eigenvalue weighted by molar-refractivity contribution is 6.03. The zero-order chi connectivity index (χ0) is 24.3. The molecule has 0 saturated heterocycles. The highest BCUT2D eigenvalue weighted by Gasteiger charge is 2.30. The summed E-state index contributed by atoms with van der Waals surface area (Å²) >= 11 is 0. The van der Waals surface area contributed by atoms with E-state index in [9.17, 15) is 22.8 Å². The van der Waals surface area contributed by atoms with Crippen molar-refractivity contribution in [1.29, 1.82) is 0 Å². The number of nitrogens with one attached hydrogen (secondary N) is 2. The van der Waals surface area contributed by atoms with E-state index in [0.29, 0.717) is 23.7 Å². The summed E-state index contributed by atoms with van der Waals surface area (Å²) in [6.45, 7) is 2.58. The van der Waals surface area contributed by atoms with Gasteiger partial charge in [0.05, 0.1) is 25.5 Å². The molecule has 2 N–H and O–H groups in total. The standard InChI is InChI=1S/C23H26F3N3O4/c1-3-4-5-12-33-22-16(8-6-11-19(22)32-2)15-27-29-21(31)14-20(30)28-18-10-7-9-17(13-18)23(24,25)26/h6-11,13,15H,3-5,12,14H2,1-2H3,(H,28,30)(H,29,31). The summed E-state index contributed by atoms with van der Waals surface area (Å²) in [5.74, 6) is -0.508. The third-order valence-corrected chi connectivity index (χ3v) is 4.41. The largest absolute Gasteiger partial charge is 0.493 e. The van der Waals surface area contributed by atoms with Crippen LogP contribution in [0.25, 0.3) is 0 Å². The van der Waals surface area contributed by atoms with E-state index in [0.717, 1.165) is 31.4 Å². The number of carbonyl (C=O) groups is 2. The van der Waals surface area contributed by atoms with E-state index >= 15 is 0 Å². The molecule has 2 aromatic carbocycles. The quantitative estimate of drug-likeness (QED) is 0.217. The van der Waals surface area contributed by atoms with Crippen LogP contribution in [0.5, 0.6) is 11.5 Å². The van der Waals surface area contributed by atoms with Crippen molar-refractivity contribution in [2.45, 2.75) is 38.8 Å². The smallest absolute Gasteiger partial charge is 0.416 e. The molecule has 2 rings (SSSR count). The first-order chi connectivity index (χ1) is 15.7. The van der Waals surface area contributed by atoms with Crippen LogP contribution in [0.1, 0.15) is 43.7 Å². The van der Waals surface area contributed by atoms with Gasteiger partial charge < -0.3 is 14.8 Å². The summed E-state index contributed by atoms with van der Waals surface area (Å²) in [6, 6.07) is 9.35. The van der Waals surface area contributed by atoms with Crippen molar-refractivity contribution in [2.24, 2.45) is 5.10 Å². The number of benzene rings is 2. The number of anilines is 1. The second kappa shape index (κ2) is 12.5. The van der Waals surface area contributed by atoms with Crippen molar-refractivity contribution in [2.75, 3.05) is 19.0 Å². The number of amides is 2. The summed E-state index contributed by atoms with van der Waals surface area (Å²) < 4.78 is 49.4. The Hall–Kier alpha value is -3.56. The van der Waals surface area contributed by atoms with E-state index < -0.39 is 30.0 Å². The maximum Gasteiger partial charge on any atom is 0.416 e. The van der Waals surface area contributed by atoms with Crippen LogP contribution in [0.4, 0.5) is 18.9 Å². The Labute approximate surface area is 190 Å². The molecule has 7 nitrogen and oxygen atoms in total. The van der Waals surface area contributed by atoms with Gasteiger partial charge in [-0.15, -0.1) is 0 Å². The van der Waals surface area contributed by atoms with Crippen molar-refractivity contribution in [3.8, 4) is 11.5 Å². The number of ether oxygens (including phenoxy) is 2. The van der Waals surface area contributed by atoms with E-state index in [1.165, 1.54) is 25.5 Å². The Balaban J connectivity index is 1.94. The fraction of sp³-hybridized carbons (Fsp3) is 0.348. The fourth-order valence-corrected chi connectivity index (χ4v) is 2.81. The second-order valence-corrected chi connectivity index (χ2v) is 7.03. The summed E-state index contributed by atoms with van der Waals surface area (Å²) in [5, 5.41) is 6.10. The molecule has 0 unspecified atom stereocenters. The Kier molecular flexibility index (Phi) is 9.71. The Morgan fingerprint density at radius 1 is 1.09 bits per heavy atom. The number of hydrogen-bond donors (Lipinski definition) is 2. The van der Waals surface area contributed by atoms with Gasteiger partial charge in [0, 0.05) is 11.3 Å². The average Bonchev–Trinajstić information content (AvgIpc) is 2.76. The Bertz CT molecular complexity index is 978. The second-order valence-electron chi connectivity index (χ2n) is 7.03. The number of unbranched alkanes of at least 4 members (excludes halogenated alkanes) is 2. The van der Waals surface area contributed by atoms with Crippen LogP contribution < -0.4 is 20.2 Å². The van der Waals surface area contributed by atoms with Crippen LogP contribution in [0.3, 0.4) is 0 Å². The number of methoxy groups -OCH3 is 1. The van der Waals surface area contributed by atoms with Gasteiger partial charge >= 0.3 is 6.18 Å². The summed E-state index contributed by atoms with van der Waals surface area (Å²) in [4.78, 5) is 24.0. The molecule has 0 atom stereocenters. The van der Waals surface area contributed by atoms with Crippen LogP contribution in [0.2, 0.25) is 0 Å². The molecule has 33 heavy (non-hydrogen) atoms. The molecule has 2 aromatic rings. The maximum absolute atomic E-state index is 12.8. The predicted molar refractivity (Wildman–Crippen MR) is 118 cm³/mol. The van der Waals surface area contributed by atoms with Gasteiger partial charge in [-0.05, 0) is 36.8 Å². The van der Waals surface area contributed by atoms with Crippen molar-refractivity contribution in [1.82, 2.24) is 5.43 Å². The highest BCUT2D eigenvalue weighted by Crippen LogP contribution is 2.31. The van der Waals surface area contributed by atoms with E-state index in [4.69, 9.17) is 9.47 Å². The summed E-state index contributed by atoms with van der Waals surface area (Å²) in [6.07, 6.45) is -0.838. The molecule has 0 aliphatic rings. The molecule has 0 radical (unpaired) electrons. The predicted octanol–water partition coefficient (Wildman–Crippen LogP) is 4.76. The van der Waals surface area contributed by atoms with E-state index in [1.807, 2.05) is 0 Å². The molecule has 0 saturated carbocycles. The van der Waals surface area contributed by atoms with Crippen LogP contribution in [-0.2, 0) is 15.8 Å². The van der Waals surface area contributed by atoms with E-state index in [1.54, 1.807) is 18.2 Å². The normalized spacial score (nSPS) is 11.3. The lowest BCUT2D eigenvalue weighted by Gasteiger charge is -2.13. The van der Waals surface area contributed by atoms with Crippen LogP contribution in [0, 0.1) is 0 Å². The molecule has 10 heteroatoms. The average molecular weight is 465 g/mol. The molecular weight excluding hydrogens is 439 g/mol. The third kappa shape index (κ3) is 8.47. The Morgan fingerprint density at radius 3 is 2.55 bits per heavy atom. The molecular formula is C23H26F3N3O4. The number of hydrazone groups is 1. The van der Waals surface area contributed by atoms with Crippen molar-refractivity contribution in [3.63, 3.8) is 0 Å². The van der Waals surface area contributed by atoms with Crippen molar-refractivity contribution < 1.29 is 32.2 Å². The first-order valence-corrected chi connectivity index (χ1v) is 10.3.